The molecule has 0 amide bonds. The molecular formula is C66H106O30. The molecule has 6 aliphatic heterocycles. The van der Waals surface area contributed by atoms with Crippen LogP contribution in [0.5, 0.6) is 0 Å². The van der Waals surface area contributed by atoms with Crippen LogP contribution in [0.4, 0.5) is 0 Å². The molecular weight excluding hydrogens is 1270 g/mol. The molecule has 0 aromatic rings. The molecule has 5 aliphatic carbocycles. The summed E-state index contributed by atoms with van der Waals surface area (Å²) >= 11 is 0. The van der Waals surface area contributed by atoms with Crippen LogP contribution >= 0.6 is 0 Å². The number of allylic oxidation sites excluding steroid dienone is 2. The van der Waals surface area contributed by atoms with Crippen LogP contribution in [0.3, 0.4) is 0 Å². The molecule has 6 heterocycles. The molecule has 0 radical (unpaired) electrons. The van der Waals surface area contributed by atoms with Gasteiger partial charge in [0.25, 0.3) is 0 Å². The van der Waals surface area contributed by atoms with Gasteiger partial charge in [0.05, 0.1) is 50.2 Å². The quantitative estimate of drug-likeness (QED) is 0.0458. The van der Waals surface area contributed by atoms with Crippen molar-refractivity contribution in [2.45, 2.75) is 312 Å². The van der Waals surface area contributed by atoms with E-state index in [2.05, 4.69) is 54.5 Å². The van der Waals surface area contributed by atoms with E-state index in [-0.39, 0.29) is 46.0 Å². The molecule has 550 valence electrons. The summed E-state index contributed by atoms with van der Waals surface area (Å²) in [7, 11) is 0. The third kappa shape index (κ3) is 13.1. The van der Waals surface area contributed by atoms with Gasteiger partial charge in [-0.1, -0.05) is 60.1 Å². The van der Waals surface area contributed by atoms with Crippen LogP contribution in [0.2, 0.25) is 0 Å². The van der Waals surface area contributed by atoms with Crippen LogP contribution in [0.25, 0.3) is 0 Å². The van der Waals surface area contributed by atoms with Crippen molar-refractivity contribution in [2.24, 2.45) is 50.2 Å². The largest absolute Gasteiger partial charge is 0.457 e. The van der Waals surface area contributed by atoms with Crippen molar-refractivity contribution >= 4 is 11.9 Å². The summed E-state index contributed by atoms with van der Waals surface area (Å²) in [4.78, 5) is 27.0. The number of hydrogen-bond donors (Lipinski definition) is 15. The SMILES string of the molecule is CC(=O)OC1C(C)OC(OC2C(CO)OC(OCC3OC(OC(=O)C45CCC(C)(C)CC4C4=CCC6C7(C)CCC(OC8OCC(O)C(O)C8OC8OC(C)C(O)C(OC9OCC(O)C(O)C9O)C8O)C(C)(C)C7CCC6(C)C4(C)CC5)C(O)C(O)C3O)C(O)C2O)C(O)C1O. The maximum absolute atomic E-state index is 15.3. The van der Waals surface area contributed by atoms with Crippen molar-refractivity contribution in [2.75, 3.05) is 26.4 Å². The fourth-order valence-electron chi connectivity index (χ4n) is 19.0. The summed E-state index contributed by atoms with van der Waals surface area (Å²) in [6.07, 6.45) is -35.8. The minimum atomic E-state index is -1.92. The number of hydrogen-bond acceptors (Lipinski definition) is 30. The second kappa shape index (κ2) is 28.0. The van der Waals surface area contributed by atoms with Gasteiger partial charge in [0.1, 0.15) is 116 Å². The van der Waals surface area contributed by atoms with Crippen LogP contribution in [-0.4, -0.2) is 293 Å². The minimum absolute atomic E-state index is 0.108. The topological polar surface area (TPSA) is 458 Å². The highest BCUT2D eigenvalue weighted by atomic mass is 16.8. The van der Waals surface area contributed by atoms with Gasteiger partial charge in [0.15, 0.2) is 37.6 Å². The number of carbonyl (C=O) groups is 2. The van der Waals surface area contributed by atoms with Crippen LogP contribution in [0.15, 0.2) is 11.6 Å². The lowest BCUT2D eigenvalue weighted by Gasteiger charge is -2.71. The first-order chi connectivity index (χ1) is 44.9. The van der Waals surface area contributed by atoms with E-state index in [1.54, 1.807) is 0 Å². The van der Waals surface area contributed by atoms with E-state index >= 15 is 4.79 Å². The molecule has 96 heavy (non-hydrogen) atoms. The summed E-state index contributed by atoms with van der Waals surface area (Å²) in [6.45, 7) is 17.8. The van der Waals surface area contributed by atoms with Crippen LogP contribution in [0.1, 0.15) is 133 Å². The van der Waals surface area contributed by atoms with E-state index in [1.807, 2.05) is 0 Å². The molecule has 15 N–H and O–H groups in total. The molecule has 36 unspecified atom stereocenters. The van der Waals surface area contributed by atoms with Crippen molar-refractivity contribution in [3.05, 3.63) is 11.6 Å². The number of carbonyl (C=O) groups excluding carboxylic acids is 2. The third-order valence-electron chi connectivity index (χ3n) is 25.0. The average Bonchev–Trinajstić information content (AvgIpc) is 0.676. The molecule has 11 aliphatic rings. The Morgan fingerprint density at radius 1 is 0.510 bits per heavy atom. The molecule has 11 rings (SSSR count). The zero-order valence-corrected chi connectivity index (χ0v) is 56.3. The van der Waals surface area contributed by atoms with Gasteiger partial charge in [0, 0.05) is 6.92 Å². The molecule has 30 heteroatoms. The molecule has 6 saturated heterocycles. The Morgan fingerprint density at radius 2 is 1.09 bits per heavy atom. The number of esters is 2. The summed E-state index contributed by atoms with van der Waals surface area (Å²) in [5.74, 6) is -1.36. The number of ether oxygens (including phenoxy) is 13. The van der Waals surface area contributed by atoms with E-state index in [4.69, 9.17) is 61.6 Å². The van der Waals surface area contributed by atoms with Gasteiger partial charge in [-0.15, -0.1) is 0 Å². The van der Waals surface area contributed by atoms with Gasteiger partial charge < -0.3 is 138 Å². The minimum Gasteiger partial charge on any atom is -0.457 e. The predicted octanol–water partition coefficient (Wildman–Crippen LogP) is -2.48. The van der Waals surface area contributed by atoms with E-state index in [0.717, 1.165) is 32.6 Å². The predicted molar refractivity (Wildman–Crippen MR) is 323 cm³/mol. The molecule has 0 spiro atoms. The highest BCUT2D eigenvalue weighted by Gasteiger charge is 2.70. The van der Waals surface area contributed by atoms with Crippen LogP contribution < -0.4 is 0 Å². The Morgan fingerprint density at radius 3 is 1.78 bits per heavy atom. The van der Waals surface area contributed by atoms with Crippen molar-refractivity contribution in [1.82, 2.24) is 0 Å². The second-order valence-electron chi connectivity index (χ2n) is 31.6. The van der Waals surface area contributed by atoms with Crippen molar-refractivity contribution in [1.29, 1.82) is 0 Å². The molecule has 0 bridgehead atoms. The zero-order valence-electron chi connectivity index (χ0n) is 56.3. The maximum atomic E-state index is 15.3. The van der Waals surface area contributed by atoms with Crippen LogP contribution in [-0.2, 0) is 71.2 Å². The van der Waals surface area contributed by atoms with Gasteiger partial charge in [0.2, 0.25) is 6.29 Å². The van der Waals surface area contributed by atoms with Crippen molar-refractivity contribution in [3.63, 3.8) is 0 Å². The first-order valence-electron chi connectivity index (χ1n) is 34.3. The molecule has 36 atom stereocenters. The summed E-state index contributed by atoms with van der Waals surface area (Å²) in [6, 6.07) is 0. The first kappa shape index (κ1) is 74.8. The normalized spacial score (nSPS) is 53.3. The number of aliphatic hydroxyl groups excluding tert-OH is 15. The fraction of sp³-hybridized carbons (Fsp3) is 0.939. The highest BCUT2D eigenvalue weighted by molar-refractivity contribution is 5.79. The van der Waals surface area contributed by atoms with Crippen molar-refractivity contribution in [3.8, 4) is 0 Å². The summed E-state index contributed by atoms with van der Waals surface area (Å²) in [5.41, 5.74) is -1.45. The Balaban J connectivity index is 0.755. The molecule has 30 nitrogen and oxygen atoms in total. The van der Waals surface area contributed by atoms with E-state index in [1.165, 1.54) is 19.4 Å². The summed E-state index contributed by atoms with van der Waals surface area (Å²) in [5, 5.41) is 165. The van der Waals surface area contributed by atoms with Gasteiger partial charge in [-0.2, -0.15) is 0 Å². The van der Waals surface area contributed by atoms with Gasteiger partial charge in [-0.05, 0) is 123 Å². The highest BCUT2D eigenvalue weighted by Crippen LogP contribution is 2.76. The molecule has 0 aromatic heterocycles. The Labute approximate surface area is 557 Å². The molecule has 10 fully saturated rings. The lowest BCUT2D eigenvalue weighted by molar-refractivity contribution is -0.378. The van der Waals surface area contributed by atoms with Crippen molar-refractivity contribution < 1.29 is 148 Å². The van der Waals surface area contributed by atoms with Gasteiger partial charge >= 0.3 is 11.9 Å². The van der Waals surface area contributed by atoms with E-state index in [9.17, 15) is 81.4 Å². The summed E-state index contributed by atoms with van der Waals surface area (Å²) < 4.78 is 76.9. The molecule has 0 aromatic carbocycles. The third-order valence-corrected chi connectivity index (χ3v) is 25.0. The fourth-order valence-corrected chi connectivity index (χ4v) is 19.0. The second-order valence-corrected chi connectivity index (χ2v) is 31.6. The lowest BCUT2D eigenvalue weighted by Crippen LogP contribution is -2.66. The van der Waals surface area contributed by atoms with Crippen LogP contribution in [0, 0.1) is 50.2 Å². The standard InChI is InChI=1S/C66H106O30/c1-26-38(71)52(94-55-45(78)39(72)31(69)23-84-55)49(82)58(87-26)95-53-40(73)32(70)24-85-59(53)92-37-14-15-63(8)35(62(37,6)7)13-16-65(10)36(63)12-11-29-30-21-61(4,5)17-19-66(30,20-18-64(29,65)9)60(83)96-57-46(79)42(75)41(74)34(91-57)25-86-54-47(80)44(77)51(33(22-67)90-54)93-56-48(81)43(76)50(27(2)88-56)89-28(3)68/h11,26-27,30-59,67,69-82H,12-25H2,1-10H3. The number of fused-ring (bicyclic) bond motifs is 7. The van der Waals surface area contributed by atoms with E-state index < -0.39 is 221 Å². The number of rotatable bonds is 15. The smallest absolute Gasteiger partial charge is 0.315 e. The molecule has 4 saturated carbocycles. The van der Waals surface area contributed by atoms with E-state index in [0.29, 0.717) is 38.5 Å². The van der Waals surface area contributed by atoms with Gasteiger partial charge in [-0.25, -0.2) is 0 Å². The zero-order chi connectivity index (χ0) is 70.0. The monoisotopic (exact) mass is 1380 g/mol. The first-order valence-corrected chi connectivity index (χ1v) is 34.3. The Hall–Kier alpha value is -2.36. The maximum Gasteiger partial charge on any atom is 0.315 e. The average molecular weight is 1380 g/mol. The Kier molecular flexibility index (Phi) is 21.8. The Bertz CT molecular complexity index is 2740. The number of aliphatic hydroxyl groups is 15. The lowest BCUT2D eigenvalue weighted by atomic mass is 9.33. The van der Waals surface area contributed by atoms with Gasteiger partial charge in [-0.3, -0.25) is 9.59 Å².